The van der Waals surface area contributed by atoms with Crippen molar-refractivity contribution in [1.29, 1.82) is 0 Å². The standard InChI is InChI=1S/C10H8F2N2S/c1-6-5-13-10(15)14(6)7-2-3-8(11)9(12)4-7/h2-5H,1H3,(H,13,15). The van der Waals surface area contributed by atoms with Gasteiger partial charge in [-0.15, -0.1) is 0 Å². The van der Waals surface area contributed by atoms with E-state index in [-0.39, 0.29) is 0 Å². The maximum atomic E-state index is 13.0. The van der Waals surface area contributed by atoms with Crippen molar-refractivity contribution in [3.8, 4) is 5.69 Å². The fraction of sp³-hybridized carbons (Fsp3) is 0.100. The van der Waals surface area contributed by atoms with Crippen molar-refractivity contribution in [2.45, 2.75) is 6.92 Å². The molecule has 0 aliphatic heterocycles. The zero-order valence-electron chi connectivity index (χ0n) is 7.92. The van der Waals surface area contributed by atoms with E-state index in [0.29, 0.717) is 10.5 Å². The lowest BCUT2D eigenvalue weighted by Crippen LogP contribution is -1.98. The number of hydrogen-bond acceptors (Lipinski definition) is 1. The number of halogens is 2. The SMILES string of the molecule is Cc1c[nH]c(=S)n1-c1ccc(F)c(F)c1. The number of nitrogens with one attached hydrogen (secondary N) is 1. The molecule has 15 heavy (non-hydrogen) atoms. The molecule has 0 bridgehead atoms. The Kier molecular flexibility index (Phi) is 2.40. The van der Waals surface area contributed by atoms with E-state index >= 15 is 0 Å². The molecule has 1 aromatic heterocycles. The Morgan fingerprint density at radius 3 is 2.53 bits per heavy atom. The fourth-order valence-electron chi connectivity index (χ4n) is 1.40. The van der Waals surface area contributed by atoms with Gasteiger partial charge in [-0.2, -0.15) is 0 Å². The average Bonchev–Trinajstić information content (AvgIpc) is 2.52. The predicted molar refractivity (Wildman–Crippen MR) is 55.6 cm³/mol. The number of rotatable bonds is 1. The van der Waals surface area contributed by atoms with Gasteiger partial charge >= 0.3 is 0 Å². The zero-order valence-corrected chi connectivity index (χ0v) is 8.74. The van der Waals surface area contributed by atoms with Gasteiger partial charge in [-0.25, -0.2) is 8.78 Å². The Balaban J connectivity index is 2.65. The van der Waals surface area contributed by atoms with Gasteiger partial charge in [-0.3, -0.25) is 4.57 Å². The van der Waals surface area contributed by atoms with E-state index in [0.717, 1.165) is 17.8 Å². The van der Waals surface area contributed by atoms with Gasteiger partial charge in [0, 0.05) is 18.0 Å². The lowest BCUT2D eigenvalue weighted by molar-refractivity contribution is 0.508. The predicted octanol–water partition coefficient (Wildman–Crippen LogP) is 3.12. The van der Waals surface area contributed by atoms with Crippen LogP contribution in [0.25, 0.3) is 5.69 Å². The highest BCUT2D eigenvalue weighted by Gasteiger charge is 2.06. The van der Waals surface area contributed by atoms with Gasteiger partial charge in [0.2, 0.25) is 0 Å². The largest absolute Gasteiger partial charge is 0.337 e. The number of benzene rings is 1. The van der Waals surface area contributed by atoms with E-state index in [2.05, 4.69) is 4.98 Å². The number of imidazole rings is 1. The Morgan fingerprint density at radius 2 is 2.00 bits per heavy atom. The van der Waals surface area contributed by atoms with Crippen LogP contribution in [0.5, 0.6) is 0 Å². The summed E-state index contributed by atoms with van der Waals surface area (Å²) >= 11 is 5.02. The van der Waals surface area contributed by atoms with Crippen LogP contribution in [0.4, 0.5) is 8.78 Å². The van der Waals surface area contributed by atoms with E-state index < -0.39 is 11.6 Å². The molecule has 0 fully saturated rings. The van der Waals surface area contributed by atoms with E-state index in [1.54, 1.807) is 10.8 Å². The lowest BCUT2D eigenvalue weighted by Gasteiger charge is -2.05. The van der Waals surface area contributed by atoms with Gasteiger partial charge in [0.25, 0.3) is 0 Å². The molecule has 78 valence electrons. The molecule has 0 aliphatic carbocycles. The second-order valence-electron chi connectivity index (χ2n) is 3.17. The molecule has 1 aromatic carbocycles. The summed E-state index contributed by atoms with van der Waals surface area (Å²) in [6, 6.07) is 3.68. The molecule has 1 heterocycles. The average molecular weight is 226 g/mol. The fourth-order valence-corrected chi connectivity index (χ4v) is 1.71. The minimum absolute atomic E-state index is 0.457. The Bertz CT molecular complexity index is 557. The molecule has 0 spiro atoms. The Hall–Kier alpha value is -1.49. The summed E-state index contributed by atoms with van der Waals surface area (Å²) in [4.78, 5) is 2.83. The molecule has 0 saturated carbocycles. The summed E-state index contributed by atoms with van der Waals surface area (Å²) < 4.78 is 27.8. The van der Waals surface area contributed by atoms with Gasteiger partial charge < -0.3 is 4.98 Å². The molecule has 0 atom stereocenters. The highest BCUT2D eigenvalue weighted by molar-refractivity contribution is 7.71. The molecule has 2 nitrogen and oxygen atoms in total. The van der Waals surface area contributed by atoms with Gasteiger partial charge in [-0.1, -0.05) is 0 Å². The molecule has 2 aromatic rings. The summed E-state index contributed by atoms with van der Waals surface area (Å²) in [7, 11) is 0. The Morgan fingerprint density at radius 1 is 1.27 bits per heavy atom. The number of aromatic nitrogens is 2. The molecule has 1 N–H and O–H groups in total. The Labute approximate surface area is 90.2 Å². The summed E-state index contributed by atoms with van der Waals surface area (Å²) in [5.74, 6) is -1.74. The van der Waals surface area contributed by atoms with E-state index in [1.807, 2.05) is 6.92 Å². The third-order valence-corrected chi connectivity index (χ3v) is 2.42. The highest BCUT2D eigenvalue weighted by Crippen LogP contribution is 2.15. The van der Waals surface area contributed by atoms with Crippen LogP contribution in [-0.2, 0) is 0 Å². The van der Waals surface area contributed by atoms with Crippen LogP contribution in [0.2, 0.25) is 0 Å². The summed E-state index contributed by atoms with van der Waals surface area (Å²) in [6.07, 6.45) is 1.71. The zero-order chi connectivity index (χ0) is 11.0. The quantitative estimate of drug-likeness (QED) is 0.741. The van der Waals surface area contributed by atoms with Crippen LogP contribution < -0.4 is 0 Å². The second kappa shape index (κ2) is 3.58. The van der Waals surface area contributed by atoms with Crippen molar-refractivity contribution < 1.29 is 8.78 Å². The van der Waals surface area contributed by atoms with Gasteiger partial charge in [0.05, 0.1) is 5.69 Å². The van der Waals surface area contributed by atoms with Crippen LogP contribution in [0.15, 0.2) is 24.4 Å². The minimum Gasteiger partial charge on any atom is -0.337 e. The van der Waals surface area contributed by atoms with Crippen LogP contribution >= 0.6 is 12.2 Å². The molecule has 0 aliphatic rings. The minimum atomic E-state index is -0.880. The summed E-state index contributed by atoms with van der Waals surface area (Å²) in [6.45, 7) is 1.83. The van der Waals surface area contributed by atoms with Crippen LogP contribution in [0, 0.1) is 23.3 Å². The number of H-pyrrole nitrogens is 1. The van der Waals surface area contributed by atoms with Gasteiger partial charge in [0.1, 0.15) is 0 Å². The van der Waals surface area contributed by atoms with Crippen molar-refractivity contribution in [1.82, 2.24) is 9.55 Å². The number of nitrogens with zero attached hydrogens (tertiary/aromatic N) is 1. The van der Waals surface area contributed by atoms with Crippen molar-refractivity contribution in [3.05, 3.63) is 46.5 Å². The first-order valence-corrected chi connectivity index (χ1v) is 4.73. The van der Waals surface area contributed by atoms with E-state index in [1.165, 1.54) is 6.07 Å². The molecular weight excluding hydrogens is 218 g/mol. The normalized spacial score (nSPS) is 10.6. The third kappa shape index (κ3) is 1.70. The van der Waals surface area contributed by atoms with Crippen LogP contribution in [0.3, 0.4) is 0 Å². The van der Waals surface area contributed by atoms with E-state index in [4.69, 9.17) is 12.2 Å². The smallest absolute Gasteiger partial charge is 0.182 e. The number of aryl methyl sites for hydroxylation is 1. The maximum absolute atomic E-state index is 13.0. The topological polar surface area (TPSA) is 20.7 Å². The summed E-state index contributed by atoms with van der Waals surface area (Å²) in [5.41, 5.74) is 1.35. The van der Waals surface area contributed by atoms with Crippen molar-refractivity contribution in [3.63, 3.8) is 0 Å². The molecular formula is C10H8F2N2S. The first-order chi connectivity index (χ1) is 7.09. The first kappa shape index (κ1) is 10.0. The molecule has 0 unspecified atom stereocenters. The molecule has 0 saturated heterocycles. The van der Waals surface area contributed by atoms with Gasteiger partial charge in [-0.05, 0) is 31.3 Å². The number of aromatic amines is 1. The monoisotopic (exact) mass is 226 g/mol. The molecule has 5 heteroatoms. The van der Waals surface area contributed by atoms with E-state index in [9.17, 15) is 8.78 Å². The van der Waals surface area contributed by atoms with Crippen LogP contribution in [0.1, 0.15) is 5.69 Å². The molecule has 0 radical (unpaired) electrons. The van der Waals surface area contributed by atoms with Crippen molar-refractivity contribution in [2.75, 3.05) is 0 Å². The highest BCUT2D eigenvalue weighted by atomic mass is 32.1. The maximum Gasteiger partial charge on any atom is 0.182 e. The lowest BCUT2D eigenvalue weighted by atomic mass is 10.3. The molecule has 0 amide bonds. The third-order valence-electron chi connectivity index (χ3n) is 2.12. The van der Waals surface area contributed by atoms with Crippen LogP contribution in [-0.4, -0.2) is 9.55 Å². The van der Waals surface area contributed by atoms with Gasteiger partial charge in [0.15, 0.2) is 16.4 Å². The molecule has 2 rings (SSSR count). The second-order valence-corrected chi connectivity index (χ2v) is 3.56. The first-order valence-electron chi connectivity index (χ1n) is 4.32. The van der Waals surface area contributed by atoms with Crippen molar-refractivity contribution in [2.24, 2.45) is 0 Å². The van der Waals surface area contributed by atoms with Crippen molar-refractivity contribution >= 4 is 12.2 Å². The summed E-state index contributed by atoms with van der Waals surface area (Å²) in [5, 5.41) is 0. The number of hydrogen-bond donors (Lipinski definition) is 1.